The topological polar surface area (TPSA) is 75.4 Å². The fraction of sp³-hybridized carbons (Fsp3) is 0.467. The van der Waals surface area contributed by atoms with Gasteiger partial charge in [-0.25, -0.2) is 0 Å². The van der Waals surface area contributed by atoms with Crippen LogP contribution in [0.1, 0.15) is 24.0 Å². The molecule has 2 rings (SSSR count). The third-order valence-electron chi connectivity index (χ3n) is 3.36. The standard InChI is InChI=1S/C15H21N3O2/c1-18(10-14(19)17-13-6-7-13)15(20)8-11-2-4-12(9-16)5-3-11/h2-5,13H,6-10,16H2,1H3,(H,17,19). The summed E-state index contributed by atoms with van der Waals surface area (Å²) in [7, 11) is 1.66. The lowest BCUT2D eigenvalue weighted by Crippen LogP contribution is -2.39. The van der Waals surface area contributed by atoms with Crippen molar-refractivity contribution in [3.05, 3.63) is 35.4 Å². The van der Waals surface area contributed by atoms with Crippen LogP contribution in [0.4, 0.5) is 0 Å². The zero-order valence-corrected chi connectivity index (χ0v) is 11.8. The van der Waals surface area contributed by atoms with Crippen LogP contribution in [0.3, 0.4) is 0 Å². The Morgan fingerprint density at radius 1 is 1.25 bits per heavy atom. The molecule has 1 aromatic rings. The van der Waals surface area contributed by atoms with Crippen molar-refractivity contribution >= 4 is 11.8 Å². The van der Waals surface area contributed by atoms with Crippen LogP contribution < -0.4 is 11.1 Å². The maximum Gasteiger partial charge on any atom is 0.239 e. The number of hydrogen-bond donors (Lipinski definition) is 2. The monoisotopic (exact) mass is 275 g/mol. The van der Waals surface area contributed by atoms with Crippen LogP contribution in [0.5, 0.6) is 0 Å². The predicted octanol–water partition coefficient (Wildman–Crippen LogP) is 0.425. The molecule has 0 atom stereocenters. The van der Waals surface area contributed by atoms with Gasteiger partial charge in [0.2, 0.25) is 11.8 Å². The van der Waals surface area contributed by atoms with Crippen LogP contribution in [-0.4, -0.2) is 36.3 Å². The lowest BCUT2D eigenvalue weighted by atomic mass is 10.1. The van der Waals surface area contributed by atoms with Gasteiger partial charge in [-0.1, -0.05) is 24.3 Å². The minimum absolute atomic E-state index is 0.0588. The molecule has 2 amide bonds. The largest absolute Gasteiger partial charge is 0.352 e. The van der Waals surface area contributed by atoms with E-state index < -0.39 is 0 Å². The van der Waals surface area contributed by atoms with Gasteiger partial charge in [-0.15, -0.1) is 0 Å². The van der Waals surface area contributed by atoms with E-state index in [4.69, 9.17) is 5.73 Å². The van der Waals surface area contributed by atoms with Crippen LogP contribution in [0.2, 0.25) is 0 Å². The smallest absolute Gasteiger partial charge is 0.239 e. The molecule has 3 N–H and O–H groups in total. The highest BCUT2D eigenvalue weighted by atomic mass is 16.2. The molecule has 0 spiro atoms. The van der Waals surface area contributed by atoms with Crippen LogP contribution in [0.15, 0.2) is 24.3 Å². The maximum atomic E-state index is 12.0. The van der Waals surface area contributed by atoms with Crippen molar-refractivity contribution in [3.63, 3.8) is 0 Å². The molecular weight excluding hydrogens is 254 g/mol. The zero-order valence-electron chi connectivity index (χ0n) is 11.8. The van der Waals surface area contributed by atoms with E-state index in [-0.39, 0.29) is 18.4 Å². The van der Waals surface area contributed by atoms with Gasteiger partial charge < -0.3 is 16.0 Å². The molecule has 5 nitrogen and oxygen atoms in total. The number of amides is 2. The summed E-state index contributed by atoms with van der Waals surface area (Å²) in [6.45, 7) is 0.617. The number of hydrogen-bond acceptors (Lipinski definition) is 3. The fourth-order valence-electron chi connectivity index (χ4n) is 1.91. The van der Waals surface area contributed by atoms with Gasteiger partial charge in [0.15, 0.2) is 0 Å². The van der Waals surface area contributed by atoms with Crippen molar-refractivity contribution in [1.29, 1.82) is 0 Å². The second-order valence-corrected chi connectivity index (χ2v) is 5.29. The van der Waals surface area contributed by atoms with Crippen LogP contribution in [0, 0.1) is 0 Å². The fourth-order valence-corrected chi connectivity index (χ4v) is 1.91. The molecule has 0 aliphatic heterocycles. The Hall–Kier alpha value is -1.88. The van der Waals surface area contributed by atoms with Crippen molar-refractivity contribution in [1.82, 2.24) is 10.2 Å². The van der Waals surface area contributed by atoms with E-state index in [1.165, 1.54) is 4.90 Å². The molecular formula is C15H21N3O2. The van der Waals surface area contributed by atoms with Crippen molar-refractivity contribution in [2.45, 2.75) is 31.8 Å². The minimum Gasteiger partial charge on any atom is -0.352 e. The molecule has 108 valence electrons. The normalized spacial score (nSPS) is 13.9. The van der Waals surface area contributed by atoms with E-state index in [1.54, 1.807) is 7.05 Å². The van der Waals surface area contributed by atoms with Crippen LogP contribution in [-0.2, 0) is 22.6 Å². The summed E-state index contributed by atoms with van der Waals surface area (Å²) < 4.78 is 0. The Morgan fingerprint density at radius 3 is 2.40 bits per heavy atom. The summed E-state index contributed by atoms with van der Waals surface area (Å²) in [5.41, 5.74) is 7.50. The summed E-state index contributed by atoms with van der Waals surface area (Å²) in [6, 6.07) is 7.97. The first-order valence-corrected chi connectivity index (χ1v) is 6.89. The number of nitrogens with one attached hydrogen (secondary N) is 1. The summed E-state index contributed by atoms with van der Waals surface area (Å²) in [6.07, 6.45) is 2.41. The maximum absolute atomic E-state index is 12.0. The highest BCUT2D eigenvalue weighted by Crippen LogP contribution is 2.18. The third kappa shape index (κ3) is 4.35. The molecule has 0 bridgehead atoms. The lowest BCUT2D eigenvalue weighted by Gasteiger charge is -2.16. The summed E-state index contributed by atoms with van der Waals surface area (Å²) >= 11 is 0. The van der Waals surface area contributed by atoms with Gasteiger partial charge in [-0.3, -0.25) is 9.59 Å². The number of rotatable bonds is 6. The minimum atomic E-state index is -0.0816. The molecule has 0 aromatic heterocycles. The predicted molar refractivity (Wildman–Crippen MR) is 76.8 cm³/mol. The molecule has 1 fully saturated rings. The highest BCUT2D eigenvalue weighted by molar-refractivity contribution is 5.85. The van der Waals surface area contributed by atoms with Gasteiger partial charge in [0.05, 0.1) is 13.0 Å². The number of nitrogens with zero attached hydrogens (tertiary/aromatic N) is 1. The summed E-state index contributed by atoms with van der Waals surface area (Å²) in [5.74, 6) is -0.140. The van der Waals surface area contributed by atoms with Crippen LogP contribution in [0.25, 0.3) is 0 Å². The van der Waals surface area contributed by atoms with Gasteiger partial charge in [-0.05, 0) is 24.0 Å². The van der Waals surface area contributed by atoms with Crippen molar-refractivity contribution in [2.75, 3.05) is 13.6 Å². The van der Waals surface area contributed by atoms with Crippen molar-refractivity contribution in [3.8, 4) is 0 Å². The molecule has 20 heavy (non-hydrogen) atoms. The molecule has 1 saturated carbocycles. The third-order valence-corrected chi connectivity index (χ3v) is 3.36. The molecule has 1 aliphatic rings. The number of carbonyl (C=O) groups is 2. The SMILES string of the molecule is CN(CC(=O)NC1CC1)C(=O)Cc1ccc(CN)cc1. The molecule has 0 radical (unpaired) electrons. The number of carbonyl (C=O) groups excluding carboxylic acids is 2. The second kappa shape index (κ2) is 6.52. The number of nitrogens with two attached hydrogens (primary N) is 1. The Bertz CT molecular complexity index is 480. The van der Waals surface area contributed by atoms with Gasteiger partial charge in [0, 0.05) is 19.6 Å². The first-order valence-electron chi connectivity index (χ1n) is 6.89. The zero-order chi connectivity index (χ0) is 14.5. The lowest BCUT2D eigenvalue weighted by molar-refractivity contribution is -0.134. The van der Waals surface area contributed by atoms with E-state index in [1.807, 2.05) is 24.3 Å². The molecule has 1 aliphatic carbocycles. The second-order valence-electron chi connectivity index (χ2n) is 5.29. The Morgan fingerprint density at radius 2 is 1.85 bits per heavy atom. The van der Waals surface area contributed by atoms with Gasteiger partial charge in [-0.2, -0.15) is 0 Å². The highest BCUT2D eigenvalue weighted by Gasteiger charge is 2.24. The number of likely N-dealkylation sites (N-methyl/N-ethyl adjacent to an activating group) is 1. The molecule has 0 heterocycles. The first-order chi connectivity index (χ1) is 9.58. The van der Waals surface area contributed by atoms with Crippen LogP contribution >= 0.6 is 0 Å². The Labute approximate surface area is 119 Å². The van der Waals surface area contributed by atoms with Crippen molar-refractivity contribution < 1.29 is 9.59 Å². The Balaban J connectivity index is 1.81. The average molecular weight is 275 g/mol. The van der Waals surface area contributed by atoms with E-state index in [2.05, 4.69) is 5.32 Å². The quantitative estimate of drug-likeness (QED) is 0.790. The summed E-state index contributed by atoms with van der Waals surface area (Å²) in [5, 5.41) is 2.87. The summed E-state index contributed by atoms with van der Waals surface area (Å²) in [4.78, 5) is 25.1. The van der Waals surface area contributed by atoms with Crippen molar-refractivity contribution in [2.24, 2.45) is 5.73 Å². The van der Waals surface area contributed by atoms with Gasteiger partial charge in [0.1, 0.15) is 0 Å². The molecule has 5 heteroatoms. The molecule has 1 aromatic carbocycles. The van der Waals surface area contributed by atoms with E-state index in [0.717, 1.165) is 24.0 Å². The number of benzene rings is 1. The first kappa shape index (κ1) is 14.5. The van der Waals surface area contributed by atoms with E-state index >= 15 is 0 Å². The molecule has 0 saturated heterocycles. The average Bonchev–Trinajstić information content (AvgIpc) is 3.23. The van der Waals surface area contributed by atoms with E-state index in [9.17, 15) is 9.59 Å². The Kier molecular flexibility index (Phi) is 4.74. The van der Waals surface area contributed by atoms with Gasteiger partial charge >= 0.3 is 0 Å². The van der Waals surface area contributed by atoms with Gasteiger partial charge in [0.25, 0.3) is 0 Å². The molecule has 0 unspecified atom stereocenters. The van der Waals surface area contributed by atoms with E-state index in [0.29, 0.717) is 19.0 Å².